The maximum absolute atomic E-state index is 13.2. The molecular weight excluding hydrogens is 432 g/mol. The number of carboxylic acids is 1. The van der Waals surface area contributed by atoms with Crippen LogP contribution in [0.4, 0.5) is 5.69 Å². The van der Waals surface area contributed by atoms with Crippen LogP contribution in [0, 0.1) is 0 Å². The largest absolute Gasteiger partial charge is 0.504 e. The zero-order valence-electron chi connectivity index (χ0n) is 17.1. The smallest absolute Gasteiger partial charge is 0.335 e. The number of carbonyl (C=O) groups is 3. The lowest BCUT2D eigenvalue weighted by atomic mass is 10.0. The average molecular weight is 452 g/mol. The number of phenolic OH excluding ortho intramolecular Hbond substituents is 1. The number of hydrogen-bond donors (Lipinski definition) is 3. The molecule has 0 radical (unpaired) electrons. The van der Waals surface area contributed by atoms with Gasteiger partial charge in [0, 0.05) is 5.56 Å². The summed E-state index contributed by atoms with van der Waals surface area (Å²) in [6.07, 6.45) is 3.32. The lowest BCUT2D eigenvalue weighted by molar-refractivity contribution is -0.122. The fourth-order valence-corrected chi connectivity index (χ4v) is 3.47. The molecule has 1 aliphatic heterocycles. The molecule has 3 N–H and O–H groups in total. The molecular formula is C23H20N2O6S. The van der Waals surface area contributed by atoms with Crippen molar-refractivity contribution >= 4 is 46.9 Å². The number of nitrogens with zero attached hydrogens (tertiary/aromatic N) is 1. The zero-order valence-corrected chi connectivity index (χ0v) is 17.9. The first kappa shape index (κ1) is 22.7. The molecule has 164 valence electrons. The second kappa shape index (κ2) is 9.44. The van der Waals surface area contributed by atoms with E-state index in [1.165, 1.54) is 36.4 Å². The summed E-state index contributed by atoms with van der Waals surface area (Å²) in [5.41, 5.74) is 0.932. The van der Waals surface area contributed by atoms with Crippen molar-refractivity contribution in [3.05, 3.63) is 71.3 Å². The Morgan fingerprint density at radius 2 is 2.03 bits per heavy atom. The van der Waals surface area contributed by atoms with Crippen LogP contribution in [-0.4, -0.2) is 39.7 Å². The van der Waals surface area contributed by atoms with Crippen LogP contribution in [-0.2, 0) is 16.0 Å². The van der Waals surface area contributed by atoms with Gasteiger partial charge >= 0.3 is 5.97 Å². The summed E-state index contributed by atoms with van der Waals surface area (Å²) in [4.78, 5) is 38.1. The van der Waals surface area contributed by atoms with Crippen LogP contribution < -0.4 is 15.0 Å². The number of aromatic carboxylic acids is 1. The molecule has 0 unspecified atom stereocenters. The van der Waals surface area contributed by atoms with Crippen LogP contribution in [0.2, 0.25) is 0 Å². The van der Waals surface area contributed by atoms with Gasteiger partial charge in [-0.15, -0.1) is 6.58 Å². The van der Waals surface area contributed by atoms with E-state index in [1.54, 1.807) is 19.1 Å². The van der Waals surface area contributed by atoms with Crippen LogP contribution >= 0.6 is 12.2 Å². The van der Waals surface area contributed by atoms with Gasteiger partial charge in [0.05, 0.1) is 17.9 Å². The highest BCUT2D eigenvalue weighted by Gasteiger charge is 2.34. The van der Waals surface area contributed by atoms with Crippen LogP contribution in [0.25, 0.3) is 6.08 Å². The van der Waals surface area contributed by atoms with Crippen molar-refractivity contribution in [1.82, 2.24) is 5.32 Å². The van der Waals surface area contributed by atoms with E-state index in [9.17, 15) is 24.6 Å². The second-order valence-electron chi connectivity index (χ2n) is 6.77. The van der Waals surface area contributed by atoms with Gasteiger partial charge in [0.15, 0.2) is 16.6 Å². The number of benzene rings is 2. The first-order valence-electron chi connectivity index (χ1n) is 9.61. The van der Waals surface area contributed by atoms with Gasteiger partial charge in [-0.1, -0.05) is 12.1 Å². The first-order chi connectivity index (χ1) is 15.3. The summed E-state index contributed by atoms with van der Waals surface area (Å²) < 4.78 is 5.46. The van der Waals surface area contributed by atoms with Gasteiger partial charge < -0.3 is 14.9 Å². The Hall–Kier alpha value is -3.98. The predicted octanol–water partition coefficient (Wildman–Crippen LogP) is 3.05. The van der Waals surface area contributed by atoms with E-state index in [0.717, 1.165) is 4.90 Å². The van der Waals surface area contributed by atoms with Crippen molar-refractivity contribution in [2.24, 2.45) is 0 Å². The van der Waals surface area contributed by atoms with E-state index in [4.69, 9.17) is 17.0 Å². The standard InChI is InChI=1S/C23H20N2O6S/c1-3-6-14-9-13(11-18(19(14)26)31-4-2)10-17-20(27)24-23(32)25(21(17)28)16-8-5-7-15(12-16)22(29)30/h3,5,7-12,26H,1,4,6H2,2H3,(H,29,30)(H,24,27,32). The molecule has 0 bridgehead atoms. The molecule has 3 rings (SSSR count). The molecule has 8 nitrogen and oxygen atoms in total. The molecule has 2 aromatic carbocycles. The number of hydrogen-bond acceptors (Lipinski definition) is 6. The highest BCUT2D eigenvalue weighted by atomic mass is 32.1. The van der Waals surface area contributed by atoms with Crippen molar-refractivity contribution in [2.45, 2.75) is 13.3 Å². The number of aromatic hydroxyl groups is 1. The lowest BCUT2D eigenvalue weighted by Gasteiger charge is -2.29. The number of anilines is 1. The molecule has 32 heavy (non-hydrogen) atoms. The fourth-order valence-electron chi connectivity index (χ4n) is 3.19. The summed E-state index contributed by atoms with van der Waals surface area (Å²) in [6.45, 7) is 5.74. The van der Waals surface area contributed by atoms with Gasteiger partial charge in [0.1, 0.15) is 5.57 Å². The molecule has 2 aromatic rings. The van der Waals surface area contributed by atoms with E-state index in [2.05, 4.69) is 11.9 Å². The maximum atomic E-state index is 13.2. The number of thiocarbonyl (C=S) groups is 1. The number of allylic oxidation sites excluding steroid dienone is 1. The third-order valence-corrected chi connectivity index (χ3v) is 4.89. The van der Waals surface area contributed by atoms with Gasteiger partial charge in [0.25, 0.3) is 11.8 Å². The van der Waals surface area contributed by atoms with Gasteiger partial charge in [-0.05, 0) is 67.5 Å². The SMILES string of the molecule is C=CCc1cc(C=C2C(=O)NC(=S)N(c3cccc(C(=O)O)c3)C2=O)cc(OCC)c1O. The van der Waals surface area contributed by atoms with E-state index >= 15 is 0 Å². The quantitative estimate of drug-likeness (QED) is 0.256. The Labute approximate surface area is 189 Å². The number of phenols is 1. The number of rotatable bonds is 7. The molecule has 0 aliphatic carbocycles. The lowest BCUT2D eigenvalue weighted by Crippen LogP contribution is -2.54. The minimum Gasteiger partial charge on any atom is -0.504 e. The third kappa shape index (κ3) is 4.52. The second-order valence-corrected chi connectivity index (χ2v) is 7.15. The highest BCUT2D eigenvalue weighted by molar-refractivity contribution is 7.80. The molecule has 0 saturated carbocycles. The summed E-state index contributed by atoms with van der Waals surface area (Å²) in [6, 6.07) is 8.80. The van der Waals surface area contributed by atoms with Crippen LogP contribution in [0.1, 0.15) is 28.4 Å². The van der Waals surface area contributed by atoms with Crippen LogP contribution in [0.15, 0.2) is 54.6 Å². The topological polar surface area (TPSA) is 116 Å². The monoisotopic (exact) mass is 452 g/mol. The van der Waals surface area contributed by atoms with E-state index in [0.29, 0.717) is 24.2 Å². The van der Waals surface area contributed by atoms with Crippen LogP contribution in [0.5, 0.6) is 11.5 Å². The molecule has 2 amide bonds. The van der Waals surface area contributed by atoms with E-state index in [-0.39, 0.29) is 33.4 Å². The molecule has 0 aromatic heterocycles. The molecule has 1 fully saturated rings. The van der Waals surface area contributed by atoms with Crippen molar-refractivity contribution in [1.29, 1.82) is 0 Å². The molecule has 1 saturated heterocycles. The Bertz CT molecular complexity index is 1170. The molecule has 0 atom stereocenters. The van der Waals surface area contributed by atoms with Crippen molar-refractivity contribution < 1.29 is 29.3 Å². The van der Waals surface area contributed by atoms with E-state index < -0.39 is 17.8 Å². The van der Waals surface area contributed by atoms with Gasteiger partial charge in [-0.25, -0.2) is 4.79 Å². The van der Waals surface area contributed by atoms with Crippen molar-refractivity contribution in [2.75, 3.05) is 11.5 Å². The van der Waals surface area contributed by atoms with Gasteiger partial charge in [-0.3, -0.25) is 19.8 Å². The summed E-state index contributed by atoms with van der Waals surface area (Å²) in [5.74, 6) is -2.39. The zero-order chi connectivity index (χ0) is 23.4. The first-order valence-corrected chi connectivity index (χ1v) is 10.0. The maximum Gasteiger partial charge on any atom is 0.335 e. The van der Waals surface area contributed by atoms with Crippen molar-refractivity contribution in [3.8, 4) is 11.5 Å². The van der Waals surface area contributed by atoms with Crippen molar-refractivity contribution in [3.63, 3.8) is 0 Å². The number of nitrogens with one attached hydrogen (secondary N) is 1. The Kier molecular flexibility index (Phi) is 6.70. The van der Waals surface area contributed by atoms with Gasteiger partial charge in [0.2, 0.25) is 0 Å². The fraction of sp³-hybridized carbons (Fsp3) is 0.130. The summed E-state index contributed by atoms with van der Waals surface area (Å²) in [5, 5.41) is 21.9. The third-order valence-electron chi connectivity index (χ3n) is 4.60. The Morgan fingerprint density at radius 1 is 1.28 bits per heavy atom. The number of carboxylic acid groups (broad SMARTS) is 1. The normalized spacial score (nSPS) is 15.0. The summed E-state index contributed by atoms with van der Waals surface area (Å²) >= 11 is 5.15. The molecule has 9 heteroatoms. The van der Waals surface area contributed by atoms with E-state index in [1.807, 2.05) is 0 Å². The molecule has 0 spiro atoms. The Morgan fingerprint density at radius 3 is 2.69 bits per heavy atom. The minimum atomic E-state index is -1.16. The number of ether oxygens (including phenoxy) is 1. The van der Waals surface area contributed by atoms with Gasteiger partial charge in [-0.2, -0.15) is 0 Å². The summed E-state index contributed by atoms with van der Waals surface area (Å²) in [7, 11) is 0. The molecule has 1 aliphatic rings. The predicted molar refractivity (Wildman–Crippen MR) is 123 cm³/mol. The Balaban J connectivity index is 2.07. The number of carbonyl (C=O) groups excluding carboxylic acids is 2. The minimum absolute atomic E-state index is 0.0329. The average Bonchev–Trinajstić information content (AvgIpc) is 2.74. The highest BCUT2D eigenvalue weighted by Crippen LogP contribution is 2.33. The molecule has 1 heterocycles. The van der Waals surface area contributed by atoms with Crippen LogP contribution in [0.3, 0.4) is 0 Å². The number of amides is 2.